The van der Waals surface area contributed by atoms with Gasteiger partial charge in [-0.1, -0.05) is 6.07 Å². The number of anilines is 1. The summed E-state index contributed by atoms with van der Waals surface area (Å²) >= 11 is 0. The molecule has 152 valence electrons. The number of fused-ring (bicyclic) bond motifs is 2. The van der Waals surface area contributed by atoms with Crippen molar-refractivity contribution < 1.29 is 14.6 Å². The number of imidazole rings is 1. The van der Waals surface area contributed by atoms with E-state index in [1.165, 1.54) is 11.1 Å². The summed E-state index contributed by atoms with van der Waals surface area (Å²) in [6, 6.07) is 6.46. The molecule has 0 radical (unpaired) electrons. The van der Waals surface area contributed by atoms with E-state index >= 15 is 0 Å². The molecular formula is C21H25N5O3. The number of hydrogen-bond acceptors (Lipinski definition) is 7. The second kappa shape index (κ2) is 7.61. The molecule has 1 fully saturated rings. The van der Waals surface area contributed by atoms with Gasteiger partial charge in [0.25, 0.3) is 0 Å². The van der Waals surface area contributed by atoms with E-state index in [4.69, 9.17) is 9.47 Å². The number of nitrogens with one attached hydrogen (secondary N) is 1. The molecule has 29 heavy (non-hydrogen) atoms. The highest BCUT2D eigenvalue weighted by Crippen LogP contribution is 2.36. The molecule has 3 heterocycles. The number of aromatic nitrogens is 4. The van der Waals surface area contributed by atoms with Gasteiger partial charge in [0.1, 0.15) is 18.3 Å². The molecule has 3 atom stereocenters. The van der Waals surface area contributed by atoms with Crippen LogP contribution in [-0.4, -0.2) is 44.4 Å². The standard InChI is InChI=1S/C21H25N5O3/c1-28-14-5-7-16-13(9-14)3-2-4-17(16)25-20-19-21(23-11-22-20)26(12-24-19)18-8-6-15(10-27)29-18/h5,7,9,11-12,15,17-18,27H,2-4,6,8,10H2,1H3,(H,22,23,25)/t15?,17?,18-/m1/s1. The Hall–Kier alpha value is -2.71. The zero-order valence-corrected chi connectivity index (χ0v) is 16.4. The highest BCUT2D eigenvalue weighted by molar-refractivity contribution is 5.83. The van der Waals surface area contributed by atoms with Crippen LogP contribution in [0.25, 0.3) is 11.2 Å². The molecule has 8 nitrogen and oxygen atoms in total. The Bertz CT molecular complexity index is 1020. The van der Waals surface area contributed by atoms with E-state index in [9.17, 15) is 5.11 Å². The topological polar surface area (TPSA) is 94.3 Å². The van der Waals surface area contributed by atoms with E-state index in [0.29, 0.717) is 0 Å². The Kier molecular flexibility index (Phi) is 4.81. The average molecular weight is 395 g/mol. The first-order valence-corrected chi connectivity index (χ1v) is 10.1. The van der Waals surface area contributed by atoms with Crippen LogP contribution in [-0.2, 0) is 11.2 Å². The molecule has 1 aromatic carbocycles. The number of aryl methyl sites for hydroxylation is 1. The van der Waals surface area contributed by atoms with Crippen LogP contribution in [0.5, 0.6) is 5.75 Å². The van der Waals surface area contributed by atoms with E-state index in [1.54, 1.807) is 19.8 Å². The van der Waals surface area contributed by atoms with Crippen molar-refractivity contribution >= 4 is 17.0 Å². The fourth-order valence-electron chi connectivity index (χ4n) is 4.43. The van der Waals surface area contributed by atoms with Crippen molar-refractivity contribution in [2.24, 2.45) is 0 Å². The molecule has 0 amide bonds. The number of ether oxygens (including phenoxy) is 2. The molecule has 0 spiro atoms. The third-order valence-corrected chi connectivity index (χ3v) is 5.93. The fraction of sp³-hybridized carbons (Fsp3) is 0.476. The van der Waals surface area contributed by atoms with Gasteiger partial charge in [0.15, 0.2) is 17.0 Å². The third kappa shape index (κ3) is 3.32. The monoisotopic (exact) mass is 395 g/mol. The van der Waals surface area contributed by atoms with Gasteiger partial charge in [0.05, 0.1) is 32.2 Å². The van der Waals surface area contributed by atoms with Gasteiger partial charge in [-0.25, -0.2) is 15.0 Å². The molecule has 1 aliphatic carbocycles. The molecule has 1 saturated heterocycles. The summed E-state index contributed by atoms with van der Waals surface area (Å²) in [7, 11) is 1.70. The van der Waals surface area contributed by atoms with Gasteiger partial charge < -0.3 is 19.9 Å². The van der Waals surface area contributed by atoms with Gasteiger partial charge in [0, 0.05) is 0 Å². The molecular weight excluding hydrogens is 370 g/mol. The minimum atomic E-state index is -0.150. The van der Waals surface area contributed by atoms with Crippen LogP contribution < -0.4 is 10.1 Å². The number of methoxy groups -OCH3 is 1. The Morgan fingerprint density at radius 3 is 3.00 bits per heavy atom. The number of rotatable bonds is 5. The lowest BCUT2D eigenvalue weighted by Gasteiger charge is -2.27. The summed E-state index contributed by atoms with van der Waals surface area (Å²) in [5.74, 6) is 1.63. The van der Waals surface area contributed by atoms with E-state index in [2.05, 4.69) is 32.4 Å². The van der Waals surface area contributed by atoms with Crippen LogP contribution in [0.15, 0.2) is 30.9 Å². The summed E-state index contributed by atoms with van der Waals surface area (Å²) in [6.07, 6.45) is 7.93. The second-order valence-electron chi connectivity index (χ2n) is 7.67. The maximum absolute atomic E-state index is 9.34. The van der Waals surface area contributed by atoms with Crippen molar-refractivity contribution in [1.82, 2.24) is 19.5 Å². The van der Waals surface area contributed by atoms with Crippen molar-refractivity contribution in [1.29, 1.82) is 0 Å². The predicted molar refractivity (Wildman–Crippen MR) is 108 cm³/mol. The van der Waals surface area contributed by atoms with E-state index in [1.807, 2.05) is 10.6 Å². The second-order valence-corrected chi connectivity index (χ2v) is 7.67. The van der Waals surface area contributed by atoms with Crippen molar-refractivity contribution in [2.45, 2.75) is 50.5 Å². The smallest absolute Gasteiger partial charge is 0.167 e. The first-order valence-electron chi connectivity index (χ1n) is 10.1. The van der Waals surface area contributed by atoms with Crippen LogP contribution >= 0.6 is 0 Å². The number of aliphatic hydroxyl groups excluding tert-OH is 1. The van der Waals surface area contributed by atoms with E-state index in [-0.39, 0.29) is 25.0 Å². The molecule has 8 heteroatoms. The van der Waals surface area contributed by atoms with Crippen molar-refractivity contribution in [3.63, 3.8) is 0 Å². The number of nitrogens with zero attached hydrogens (tertiary/aromatic N) is 4. The molecule has 0 saturated carbocycles. The quantitative estimate of drug-likeness (QED) is 0.686. The Morgan fingerprint density at radius 1 is 1.24 bits per heavy atom. The first kappa shape index (κ1) is 18.3. The van der Waals surface area contributed by atoms with Gasteiger partial charge in [-0.3, -0.25) is 4.57 Å². The van der Waals surface area contributed by atoms with Gasteiger partial charge in [-0.05, 0) is 55.4 Å². The summed E-state index contributed by atoms with van der Waals surface area (Å²) in [4.78, 5) is 13.5. The Balaban J connectivity index is 1.44. The van der Waals surface area contributed by atoms with Crippen molar-refractivity contribution in [3.8, 4) is 5.75 Å². The van der Waals surface area contributed by atoms with Crippen LogP contribution in [0.4, 0.5) is 5.82 Å². The summed E-state index contributed by atoms with van der Waals surface area (Å²) < 4.78 is 13.2. The fourth-order valence-corrected chi connectivity index (χ4v) is 4.43. The maximum Gasteiger partial charge on any atom is 0.167 e. The molecule has 5 rings (SSSR count). The highest BCUT2D eigenvalue weighted by Gasteiger charge is 2.28. The minimum absolute atomic E-state index is 0.0385. The van der Waals surface area contributed by atoms with Gasteiger partial charge in [-0.15, -0.1) is 0 Å². The third-order valence-electron chi connectivity index (χ3n) is 5.93. The highest BCUT2D eigenvalue weighted by atomic mass is 16.5. The zero-order chi connectivity index (χ0) is 19.8. The van der Waals surface area contributed by atoms with Gasteiger partial charge in [0.2, 0.25) is 0 Å². The van der Waals surface area contributed by atoms with Crippen LogP contribution in [0.3, 0.4) is 0 Å². The number of aliphatic hydroxyl groups is 1. The first-order chi connectivity index (χ1) is 14.3. The number of benzene rings is 1. The molecule has 3 aromatic rings. The van der Waals surface area contributed by atoms with Crippen LogP contribution in [0.2, 0.25) is 0 Å². The van der Waals surface area contributed by atoms with Crippen molar-refractivity contribution in [2.75, 3.05) is 19.0 Å². The SMILES string of the molecule is COc1ccc2c(c1)CCCC2Nc1ncnc2c1ncn2[C@H]1CCC(CO)O1. The minimum Gasteiger partial charge on any atom is -0.497 e. The largest absolute Gasteiger partial charge is 0.497 e. The maximum atomic E-state index is 9.34. The average Bonchev–Trinajstić information content (AvgIpc) is 3.40. The lowest BCUT2D eigenvalue weighted by atomic mass is 9.87. The van der Waals surface area contributed by atoms with Gasteiger partial charge >= 0.3 is 0 Å². The molecule has 0 bridgehead atoms. The van der Waals surface area contributed by atoms with Crippen LogP contribution in [0.1, 0.15) is 49.1 Å². The van der Waals surface area contributed by atoms with E-state index in [0.717, 1.165) is 54.8 Å². The molecule has 2 aliphatic rings. The van der Waals surface area contributed by atoms with E-state index < -0.39 is 0 Å². The van der Waals surface area contributed by atoms with Crippen molar-refractivity contribution in [3.05, 3.63) is 42.0 Å². The molecule has 1 aliphatic heterocycles. The molecule has 2 aromatic heterocycles. The Morgan fingerprint density at radius 2 is 2.17 bits per heavy atom. The summed E-state index contributed by atoms with van der Waals surface area (Å²) in [6.45, 7) is 0.0385. The summed E-state index contributed by atoms with van der Waals surface area (Å²) in [5.41, 5.74) is 4.09. The Labute approximate surface area is 168 Å². The van der Waals surface area contributed by atoms with Crippen LogP contribution in [0, 0.1) is 0 Å². The lowest BCUT2D eigenvalue weighted by molar-refractivity contribution is -0.0207. The zero-order valence-electron chi connectivity index (χ0n) is 16.4. The summed E-state index contributed by atoms with van der Waals surface area (Å²) in [5, 5.41) is 12.9. The van der Waals surface area contributed by atoms with Gasteiger partial charge in [-0.2, -0.15) is 0 Å². The predicted octanol–water partition coefficient (Wildman–Crippen LogP) is 2.99. The molecule has 2 unspecified atom stereocenters. The molecule has 2 N–H and O–H groups in total. The lowest BCUT2D eigenvalue weighted by Crippen LogP contribution is -2.18. The normalized spacial score (nSPS) is 23.9. The number of hydrogen-bond donors (Lipinski definition) is 2.